The van der Waals surface area contributed by atoms with E-state index >= 15 is 0 Å². The zero-order valence-corrected chi connectivity index (χ0v) is 16.3. The highest BCUT2D eigenvalue weighted by atomic mass is 32.2. The second-order valence-corrected chi connectivity index (χ2v) is 6.82. The Morgan fingerprint density at radius 2 is 1.90 bits per heavy atom. The molecule has 10 nitrogen and oxygen atoms in total. The molecule has 1 amide bonds. The molecule has 0 unspecified atom stereocenters. The molecule has 0 aliphatic heterocycles. The molecule has 3 aromatic rings. The van der Waals surface area contributed by atoms with Crippen molar-refractivity contribution in [2.24, 2.45) is 0 Å². The minimum atomic E-state index is -0.727. The average molecular weight is 415 g/mol. The number of methoxy groups -OCH3 is 1. The second kappa shape index (κ2) is 8.61. The molecule has 0 fully saturated rings. The Bertz CT molecular complexity index is 1230. The molecule has 0 atom stereocenters. The fraction of sp³-hybridized carbons (Fsp3) is 0.167. The summed E-state index contributed by atoms with van der Waals surface area (Å²) >= 11 is 1.02. The topological polar surface area (TPSA) is 139 Å². The van der Waals surface area contributed by atoms with Gasteiger partial charge >= 0.3 is 5.69 Å². The van der Waals surface area contributed by atoms with Crippen LogP contribution in [0.25, 0.3) is 5.69 Å². The number of amides is 1. The zero-order valence-electron chi connectivity index (χ0n) is 15.5. The highest BCUT2D eigenvalue weighted by Gasteiger charge is 2.15. The first-order valence-electron chi connectivity index (χ1n) is 8.38. The fourth-order valence-corrected chi connectivity index (χ4v) is 3.30. The quantitative estimate of drug-likeness (QED) is 0.397. The van der Waals surface area contributed by atoms with E-state index in [1.807, 2.05) is 0 Å². The molecule has 0 saturated heterocycles. The van der Waals surface area contributed by atoms with Crippen molar-refractivity contribution in [2.75, 3.05) is 18.2 Å². The lowest BCUT2D eigenvalue weighted by Crippen LogP contribution is -2.32. The van der Waals surface area contributed by atoms with Crippen molar-refractivity contribution < 1.29 is 9.53 Å². The van der Waals surface area contributed by atoms with Crippen molar-refractivity contribution >= 4 is 23.5 Å². The van der Waals surface area contributed by atoms with Crippen LogP contribution < -0.4 is 26.9 Å². The van der Waals surface area contributed by atoms with E-state index in [4.69, 9.17) is 4.74 Å². The Morgan fingerprint density at radius 1 is 1.17 bits per heavy atom. The maximum Gasteiger partial charge on any atom is 0.334 e. The van der Waals surface area contributed by atoms with Gasteiger partial charge in [-0.1, -0.05) is 23.9 Å². The Kier molecular flexibility index (Phi) is 5.98. The summed E-state index contributed by atoms with van der Waals surface area (Å²) in [5.74, 6) is -0.223. The Hall–Kier alpha value is -3.60. The molecule has 0 aliphatic rings. The van der Waals surface area contributed by atoms with Gasteiger partial charge < -0.3 is 15.0 Å². The van der Waals surface area contributed by atoms with Crippen molar-refractivity contribution in [3.8, 4) is 11.4 Å². The van der Waals surface area contributed by atoms with Crippen LogP contribution >= 0.6 is 11.8 Å². The highest BCUT2D eigenvalue weighted by molar-refractivity contribution is 7.99. The number of benzene rings is 1. The van der Waals surface area contributed by atoms with Crippen LogP contribution in [0.4, 0.5) is 5.82 Å². The lowest BCUT2D eigenvalue weighted by atomic mass is 10.3. The monoisotopic (exact) mass is 415 g/mol. The van der Waals surface area contributed by atoms with Gasteiger partial charge in [0.2, 0.25) is 5.91 Å². The van der Waals surface area contributed by atoms with Gasteiger partial charge in [-0.3, -0.25) is 19.4 Å². The number of aryl methyl sites for hydroxylation is 1. The molecule has 3 rings (SSSR count). The molecule has 0 bridgehead atoms. The number of carbonyl (C=O) groups excluding carboxylic acids is 1. The first-order valence-corrected chi connectivity index (χ1v) is 9.36. The molecular formula is C18H17N5O5S. The van der Waals surface area contributed by atoms with Crippen LogP contribution in [0, 0.1) is 6.92 Å². The minimum absolute atomic E-state index is 0.0143. The Morgan fingerprint density at radius 3 is 2.62 bits per heavy atom. The van der Waals surface area contributed by atoms with Gasteiger partial charge in [-0.25, -0.2) is 14.3 Å². The van der Waals surface area contributed by atoms with Crippen LogP contribution in [0.1, 0.15) is 5.69 Å². The molecule has 29 heavy (non-hydrogen) atoms. The number of ether oxygens (including phenoxy) is 1. The van der Waals surface area contributed by atoms with Crippen molar-refractivity contribution in [1.82, 2.24) is 19.5 Å². The lowest BCUT2D eigenvalue weighted by molar-refractivity contribution is -0.113. The number of aromatic nitrogens is 4. The fourth-order valence-electron chi connectivity index (χ4n) is 2.57. The molecule has 3 N–H and O–H groups in total. The Labute approximate surface area is 168 Å². The number of carbonyl (C=O) groups is 1. The van der Waals surface area contributed by atoms with Crippen LogP contribution in [0.15, 0.2) is 55.9 Å². The zero-order chi connectivity index (χ0) is 21.0. The standard InChI is InChI=1S/C18H17N5O5S/c1-10-7-14(24)21-17(19-10)29-9-16(26)20-13-8-15(25)22-18(27)23(13)11-5-3-4-6-12(11)28-2/h3-8H,9H2,1-2H3,(H,20,26)(H,19,21,24)(H,22,25,27). The number of rotatable bonds is 6. The molecule has 1 aromatic carbocycles. The van der Waals surface area contributed by atoms with Crippen LogP contribution in [-0.2, 0) is 4.79 Å². The highest BCUT2D eigenvalue weighted by Crippen LogP contribution is 2.23. The van der Waals surface area contributed by atoms with Gasteiger partial charge in [0, 0.05) is 17.8 Å². The molecule has 2 heterocycles. The van der Waals surface area contributed by atoms with E-state index in [2.05, 4.69) is 20.3 Å². The van der Waals surface area contributed by atoms with Gasteiger partial charge in [0.05, 0.1) is 18.6 Å². The van der Waals surface area contributed by atoms with Gasteiger partial charge in [-0.15, -0.1) is 0 Å². The smallest absolute Gasteiger partial charge is 0.334 e. The van der Waals surface area contributed by atoms with Crippen molar-refractivity contribution in [3.63, 3.8) is 0 Å². The van der Waals surface area contributed by atoms with Gasteiger partial charge in [0.15, 0.2) is 5.16 Å². The van der Waals surface area contributed by atoms with Crippen molar-refractivity contribution in [3.05, 3.63) is 73.3 Å². The third-order valence-electron chi connectivity index (χ3n) is 3.72. The van der Waals surface area contributed by atoms with E-state index in [9.17, 15) is 19.2 Å². The number of hydrogen-bond donors (Lipinski definition) is 3. The average Bonchev–Trinajstić information content (AvgIpc) is 2.65. The Balaban J connectivity index is 1.88. The first-order chi connectivity index (χ1) is 13.9. The third kappa shape index (κ3) is 4.82. The number of aromatic amines is 2. The molecule has 0 spiro atoms. The molecule has 0 aliphatic carbocycles. The third-order valence-corrected chi connectivity index (χ3v) is 4.60. The second-order valence-electron chi connectivity index (χ2n) is 5.86. The van der Waals surface area contributed by atoms with E-state index in [0.717, 1.165) is 22.4 Å². The number of anilines is 1. The number of nitrogens with zero attached hydrogens (tertiary/aromatic N) is 2. The van der Waals surface area contributed by atoms with E-state index in [0.29, 0.717) is 17.1 Å². The summed E-state index contributed by atoms with van der Waals surface area (Å²) in [6.07, 6.45) is 0. The van der Waals surface area contributed by atoms with Crippen LogP contribution in [0.3, 0.4) is 0 Å². The number of nitrogens with one attached hydrogen (secondary N) is 3. The van der Waals surface area contributed by atoms with Crippen LogP contribution in [0.5, 0.6) is 5.75 Å². The summed E-state index contributed by atoms with van der Waals surface area (Å²) in [6.45, 7) is 1.67. The maximum atomic E-state index is 12.4. The molecular weight excluding hydrogens is 398 g/mol. The first kappa shape index (κ1) is 20.1. The van der Waals surface area contributed by atoms with E-state index in [-0.39, 0.29) is 22.3 Å². The number of para-hydroxylation sites is 2. The van der Waals surface area contributed by atoms with E-state index in [1.165, 1.54) is 13.2 Å². The summed E-state index contributed by atoms with van der Waals surface area (Å²) in [4.78, 5) is 56.9. The summed E-state index contributed by atoms with van der Waals surface area (Å²) in [5, 5.41) is 2.84. The predicted octanol–water partition coefficient (Wildman–Crippen LogP) is 0.657. The molecule has 2 aromatic heterocycles. The SMILES string of the molecule is COc1ccccc1-n1c(NC(=O)CSc2nc(C)cc(=O)[nH]2)cc(=O)[nH]c1=O. The summed E-state index contributed by atoms with van der Waals surface area (Å²) in [6, 6.07) is 9.12. The van der Waals surface area contributed by atoms with Gasteiger partial charge in [-0.2, -0.15) is 0 Å². The largest absolute Gasteiger partial charge is 0.495 e. The molecule has 11 heteroatoms. The number of hydrogen-bond acceptors (Lipinski definition) is 7. The van der Waals surface area contributed by atoms with Gasteiger partial charge in [0.1, 0.15) is 11.6 Å². The normalized spacial score (nSPS) is 10.6. The summed E-state index contributed by atoms with van der Waals surface area (Å²) in [5.41, 5.74) is -0.830. The lowest BCUT2D eigenvalue weighted by Gasteiger charge is -2.15. The van der Waals surface area contributed by atoms with Crippen LogP contribution in [-0.4, -0.2) is 38.3 Å². The number of thioether (sulfide) groups is 1. The van der Waals surface area contributed by atoms with E-state index < -0.39 is 17.2 Å². The van der Waals surface area contributed by atoms with Crippen molar-refractivity contribution in [2.45, 2.75) is 12.1 Å². The van der Waals surface area contributed by atoms with Gasteiger partial charge in [-0.05, 0) is 19.1 Å². The summed E-state index contributed by atoms with van der Waals surface area (Å²) < 4.78 is 6.40. The molecule has 150 valence electrons. The predicted molar refractivity (Wildman–Crippen MR) is 108 cm³/mol. The maximum absolute atomic E-state index is 12.4. The van der Waals surface area contributed by atoms with Crippen LogP contribution in [0.2, 0.25) is 0 Å². The van der Waals surface area contributed by atoms with E-state index in [1.54, 1.807) is 31.2 Å². The molecule has 0 radical (unpaired) electrons. The van der Waals surface area contributed by atoms with Crippen molar-refractivity contribution in [1.29, 1.82) is 0 Å². The summed E-state index contributed by atoms with van der Waals surface area (Å²) in [7, 11) is 1.44. The number of H-pyrrole nitrogens is 2. The molecule has 0 saturated carbocycles. The van der Waals surface area contributed by atoms with Gasteiger partial charge in [0.25, 0.3) is 11.1 Å². The minimum Gasteiger partial charge on any atom is -0.495 e.